The third-order valence-corrected chi connectivity index (χ3v) is 2.52. The molecule has 0 saturated heterocycles. The molecule has 1 heteroatoms. The molecule has 0 aliphatic rings. The highest BCUT2D eigenvalue weighted by atomic mass is 19.1. The van der Waals surface area contributed by atoms with Crippen LogP contribution in [-0.2, 0) is 0 Å². The lowest BCUT2D eigenvalue weighted by Gasteiger charge is -2.06. The third kappa shape index (κ3) is 6.59. The van der Waals surface area contributed by atoms with Crippen LogP contribution in [0.5, 0.6) is 0 Å². The molecule has 0 aliphatic carbocycles. The van der Waals surface area contributed by atoms with E-state index in [2.05, 4.69) is 39.3 Å². The summed E-state index contributed by atoms with van der Waals surface area (Å²) in [5.74, 6) is 0.0629. The topological polar surface area (TPSA) is 0 Å². The van der Waals surface area contributed by atoms with E-state index in [4.69, 9.17) is 0 Å². The van der Waals surface area contributed by atoms with Crippen LogP contribution in [0.25, 0.3) is 0 Å². The van der Waals surface area contributed by atoms with E-state index < -0.39 is 5.83 Å². The van der Waals surface area contributed by atoms with Crippen molar-refractivity contribution in [1.29, 1.82) is 0 Å². The maximum absolute atomic E-state index is 13.4. The van der Waals surface area contributed by atoms with Gasteiger partial charge in [-0.25, -0.2) is 4.39 Å². The number of halogens is 1. The molecular formula is C18H23F. The highest BCUT2D eigenvalue weighted by molar-refractivity contribution is 5.50. The number of hydrogen-bond acceptors (Lipinski definition) is 0. The maximum Gasteiger partial charge on any atom is 0.123 e. The van der Waals surface area contributed by atoms with E-state index in [-0.39, 0.29) is 0 Å². The Hall–Kier alpha value is -1.85. The van der Waals surface area contributed by atoms with Crippen molar-refractivity contribution in [3.05, 3.63) is 78.4 Å². The minimum atomic E-state index is -0.467. The van der Waals surface area contributed by atoms with Crippen molar-refractivity contribution in [3.8, 4) is 0 Å². The summed E-state index contributed by atoms with van der Waals surface area (Å²) in [5.41, 5.74) is 5.13. The Balaban J connectivity index is 5.21. The molecule has 0 nitrogen and oxygen atoms in total. The molecule has 0 spiro atoms. The van der Waals surface area contributed by atoms with Gasteiger partial charge >= 0.3 is 0 Å². The lowest BCUT2D eigenvalue weighted by Crippen LogP contribution is -1.90. The predicted molar refractivity (Wildman–Crippen MR) is 83.5 cm³/mol. The second-order valence-corrected chi connectivity index (χ2v) is 4.60. The summed E-state index contributed by atoms with van der Waals surface area (Å²) in [6, 6.07) is 0. The molecule has 0 aliphatic heterocycles. The molecule has 0 atom stereocenters. The Morgan fingerprint density at radius 2 is 1.95 bits per heavy atom. The lowest BCUT2D eigenvalue weighted by molar-refractivity contribution is 0.650. The molecule has 0 aromatic rings. The lowest BCUT2D eigenvalue weighted by atomic mass is 10.00. The summed E-state index contributed by atoms with van der Waals surface area (Å²) in [5, 5.41) is 0. The van der Waals surface area contributed by atoms with Gasteiger partial charge in [-0.15, -0.1) is 5.73 Å². The molecule has 0 rings (SSSR count). The quantitative estimate of drug-likeness (QED) is 0.397. The molecule has 0 N–H and O–H groups in total. The zero-order valence-corrected chi connectivity index (χ0v) is 12.2. The third-order valence-electron chi connectivity index (χ3n) is 2.52. The first-order valence-corrected chi connectivity index (χ1v) is 6.37. The van der Waals surface area contributed by atoms with Crippen molar-refractivity contribution in [2.75, 3.05) is 0 Å². The average Bonchev–Trinajstić information content (AvgIpc) is 2.35. The van der Waals surface area contributed by atoms with Crippen LogP contribution < -0.4 is 0 Å². The number of hydrogen-bond donors (Lipinski definition) is 0. The van der Waals surface area contributed by atoms with Gasteiger partial charge in [-0.2, -0.15) is 0 Å². The summed E-state index contributed by atoms with van der Waals surface area (Å²) in [4.78, 5) is 0. The van der Waals surface area contributed by atoms with E-state index >= 15 is 0 Å². The Morgan fingerprint density at radius 1 is 1.32 bits per heavy atom. The molecule has 0 unspecified atom stereocenters. The van der Waals surface area contributed by atoms with Crippen molar-refractivity contribution < 1.29 is 4.39 Å². The van der Waals surface area contributed by atoms with Crippen LogP contribution in [0, 0.1) is 5.92 Å². The van der Waals surface area contributed by atoms with E-state index in [1.54, 1.807) is 12.2 Å². The van der Waals surface area contributed by atoms with Crippen LogP contribution in [-0.4, -0.2) is 0 Å². The first-order chi connectivity index (χ1) is 8.96. The summed E-state index contributed by atoms with van der Waals surface area (Å²) >= 11 is 0. The summed E-state index contributed by atoms with van der Waals surface area (Å²) in [7, 11) is 0. The molecular weight excluding hydrogens is 235 g/mol. The van der Waals surface area contributed by atoms with Crippen LogP contribution in [0.1, 0.15) is 27.2 Å². The predicted octanol–water partition coefficient (Wildman–Crippen LogP) is 5.84. The van der Waals surface area contributed by atoms with Crippen LogP contribution in [0.3, 0.4) is 0 Å². The average molecular weight is 258 g/mol. The molecule has 0 heterocycles. The van der Waals surface area contributed by atoms with Gasteiger partial charge in [0.25, 0.3) is 0 Å². The Bertz CT molecular complexity index is 464. The summed E-state index contributed by atoms with van der Waals surface area (Å²) in [6.07, 6.45) is 9.68. The van der Waals surface area contributed by atoms with Gasteiger partial charge in [0.2, 0.25) is 0 Å². The van der Waals surface area contributed by atoms with Crippen LogP contribution in [0.2, 0.25) is 0 Å². The van der Waals surface area contributed by atoms with Crippen LogP contribution >= 0.6 is 0 Å². The second-order valence-electron chi connectivity index (χ2n) is 4.60. The fourth-order valence-electron chi connectivity index (χ4n) is 1.63. The van der Waals surface area contributed by atoms with Crippen LogP contribution in [0.15, 0.2) is 78.4 Å². The van der Waals surface area contributed by atoms with Gasteiger partial charge in [0.1, 0.15) is 5.83 Å². The number of allylic oxidation sites excluding steroid dienone is 9. The van der Waals surface area contributed by atoms with Gasteiger partial charge in [0, 0.05) is 5.57 Å². The van der Waals surface area contributed by atoms with Crippen molar-refractivity contribution in [2.45, 2.75) is 27.2 Å². The molecule has 0 aromatic carbocycles. The van der Waals surface area contributed by atoms with Crippen molar-refractivity contribution in [1.82, 2.24) is 0 Å². The molecule has 0 bridgehead atoms. The van der Waals surface area contributed by atoms with Gasteiger partial charge < -0.3 is 0 Å². The van der Waals surface area contributed by atoms with Gasteiger partial charge in [-0.05, 0) is 30.4 Å². The minimum absolute atomic E-state index is 0.446. The van der Waals surface area contributed by atoms with E-state index in [0.717, 1.165) is 17.6 Å². The molecule has 0 aromatic heterocycles. The van der Waals surface area contributed by atoms with Crippen molar-refractivity contribution in [3.63, 3.8) is 0 Å². The van der Waals surface area contributed by atoms with E-state index in [0.29, 0.717) is 11.5 Å². The summed E-state index contributed by atoms with van der Waals surface area (Å²) < 4.78 is 13.4. The van der Waals surface area contributed by atoms with E-state index in [9.17, 15) is 4.39 Å². The van der Waals surface area contributed by atoms with Gasteiger partial charge in [0.15, 0.2) is 0 Å². The molecule has 0 amide bonds. The normalized spacial score (nSPS) is 12.7. The van der Waals surface area contributed by atoms with Gasteiger partial charge in [0.05, 0.1) is 0 Å². The molecule has 0 radical (unpaired) electrons. The zero-order valence-electron chi connectivity index (χ0n) is 12.2. The maximum atomic E-state index is 13.4. The number of rotatable bonds is 7. The van der Waals surface area contributed by atoms with E-state index in [1.165, 1.54) is 0 Å². The highest BCUT2D eigenvalue weighted by Gasteiger charge is 2.05. The molecule has 0 fully saturated rings. The zero-order chi connectivity index (χ0) is 14.8. The largest absolute Gasteiger partial charge is 0.207 e. The first kappa shape index (κ1) is 17.2. The van der Waals surface area contributed by atoms with Crippen molar-refractivity contribution >= 4 is 0 Å². The monoisotopic (exact) mass is 258 g/mol. The molecule has 19 heavy (non-hydrogen) atoms. The van der Waals surface area contributed by atoms with Crippen LogP contribution in [0.4, 0.5) is 4.39 Å². The molecule has 0 saturated carbocycles. The fourth-order valence-corrected chi connectivity index (χ4v) is 1.63. The van der Waals surface area contributed by atoms with Gasteiger partial charge in [-0.3, -0.25) is 0 Å². The van der Waals surface area contributed by atoms with E-state index in [1.807, 2.05) is 25.2 Å². The Kier molecular flexibility index (Phi) is 8.24. The Labute approximate surface area is 116 Å². The van der Waals surface area contributed by atoms with Gasteiger partial charge in [-0.1, -0.05) is 64.0 Å². The minimum Gasteiger partial charge on any atom is -0.207 e. The smallest absolute Gasteiger partial charge is 0.123 e. The SMILES string of the molecule is C=C=C(\C=C/C(=C\C)C(=C/C=C)/C(=C)F)CC(C)C. The second kappa shape index (κ2) is 9.13. The fraction of sp³-hybridized carbons (Fsp3) is 0.278. The summed E-state index contributed by atoms with van der Waals surface area (Å²) in [6.45, 7) is 16.7. The standard InChI is InChI=1S/C18H23F/c1-7-10-18(15(6)19)17(9-3)12-11-16(8-2)13-14(4)5/h7,9-12,14H,1-2,6,13H2,3-5H3/b12-11-,17-9+,18-10+. The van der Waals surface area contributed by atoms with Crippen molar-refractivity contribution in [2.24, 2.45) is 5.92 Å². The first-order valence-electron chi connectivity index (χ1n) is 6.37. The molecule has 102 valence electrons. The highest BCUT2D eigenvalue weighted by Crippen LogP contribution is 2.22. The Morgan fingerprint density at radius 3 is 2.32 bits per heavy atom.